The first-order chi connectivity index (χ1) is 11.2. The molecule has 0 spiro atoms. The van der Waals surface area contributed by atoms with Gasteiger partial charge in [0.2, 0.25) is 6.10 Å². The Labute approximate surface area is 134 Å². The van der Waals surface area contributed by atoms with Crippen LogP contribution in [0.25, 0.3) is 11.1 Å². The van der Waals surface area contributed by atoms with E-state index in [1.807, 2.05) is 54.6 Å². The number of likely N-dealkylation sites (N-methyl/N-ethyl adjacent to an activating group) is 1. The zero-order valence-corrected chi connectivity index (χ0v) is 12.7. The van der Waals surface area contributed by atoms with Crippen molar-refractivity contribution in [2.24, 2.45) is 0 Å². The molecule has 3 N–H and O–H groups in total. The summed E-state index contributed by atoms with van der Waals surface area (Å²) < 4.78 is 5.30. The van der Waals surface area contributed by atoms with Gasteiger partial charge in [-0.2, -0.15) is 0 Å². The molecule has 1 atom stereocenters. The SMILES string of the molecule is CNC(=O)C(OCc1ccc(-c2ccccc2)cc1)C(=O)NO. The zero-order valence-electron chi connectivity index (χ0n) is 12.7. The highest BCUT2D eigenvalue weighted by Crippen LogP contribution is 2.19. The number of amides is 2. The molecule has 0 aliphatic rings. The average Bonchev–Trinajstić information content (AvgIpc) is 2.62. The fourth-order valence-electron chi connectivity index (χ4n) is 2.06. The predicted molar refractivity (Wildman–Crippen MR) is 84.5 cm³/mol. The lowest BCUT2D eigenvalue weighted by Crippen LogP contribution is -2.45. The number of hydrogen-bond donors (Lipinski definition) is 3. The molecule has 1 unspecified atom stereocenters. The summed E-state index contributed by atoms with van der Waals surface area (Å²) in [5.74, 6) is -1.54. The van der Waals surface area contributed by atoms with Gasteiger partial charge in [-0.3, -0.25) is 14.8 Å². The molecule has 0 heterocycles. The lowest BCUT2D eigenvalue weighted by molar-refractivity contribution is -0.151. The van der Waals surface area contributed by atoms with Crippen molar-refractivity contribution in [3.63, 3.8) is 0 Å². The molecular weight excluding hydrogens is 296 g/mol. The maximum atomic E-state index is 11.6. The van der Waals surface area contributed by atoms with E-state index in [-0.39, 0.29) is 6.61 Å². The summed E-state index contributed by atoms with van der Waals surface area (Å²) in [7, 11) is 1.39. The summed E-state index contributed by atoms with van der Waals surface area (Å²) in [6.07, 6.45) is -1.40. The van der Waals surface area contributed by atoms with Crippen LogP contribution in [0.5, 0.6) is 0 Å². The van der Waals surface area contributed by atoms with Gasteiger partial charge >= 0.3 is 0 Å². The summed E-state index contributed by atoms with van der Waals surface area (Å²) >= 11 is 0. The lowest BCUT2D eigenvalue weighted by Gasteiger charge is -2.14. The molecule has 0 aliphatic carbocycles. The molecule has 6 nitrogen and oxygen atoms in total. The highest BCUT2D eigenvalue weighted by atomic mass is 16.5. The van der Waals surface area contributed by atoms with Gasteiger partial charge in [-0.05, 0) is 16.7 Å². The molecule has 0 aliphatic heterocycles. The van der Waals surface area contributed by atoms with E-state index in [2.05, 4.69) is 5.32 Å². The molecule has 23 heavy (non-hydrogen) atoms. The predicted octanol–water partition coefficient (Wildman–Crippen LogP) is 1.49. The van der Waals surface area contributed by atoms with Crippen LogP contribution in [0, 0.1) is 0 Å². The highest BCUT2D eigenvalue weighted by molar-refractivity contribution is 6.02. The monoisotopic (exact) mass is 314 g/mol. The van der Waals surface area contributed by atoms with Gasteiger partial charge in [0, 0.05) is 7.05 Å². The first-order valence-electron chi connectivity index (χ1n) is 7.07. The maximum absolute atomic E-state index is 11.6. The van der Waals surface area contributed by atoms with Crippen molar-refractivity contribution in [1.82, 2.24) is 10.8 Å². The maximum Gasteiger partial charge on any atom is 0.282 e. The first-order valence-corrected chi connectivity index (χ1v) is 7.07. The second kappa shape index (κ2) is 8.07. The van der Waals surface area contributed by atoms with E-state index in [1.165, 1.54) is 12.5 Å². The first kappa shape index (κ1) is 16.7. The van der Waals surface area contributed by atoms with E-state index in [0.717, 1.165) is 16.7 Å². The average molecular weight is 314 g/mol. The molecule has 120 valence electrons. The normalized spacial score (nSPS) is 11.6. The van der Waals surface area contributed by atoms with E-state index in [9.17, 15) is 9.59 Å². The Morgan fingerprint density at radius 3 is 2.17 bits per heavy atom. The summed E-state index contributed by atoms with van der Waals surface area (Å²) in [5, 5.41) is 11.0. The summed E-state index contributed by atoms with van der Waals surface area (Å²) in [4.78, 5) is 23.0. The third-order valence-electron chi connectivity index (χ3n) is 3.31. The van der Waals surface area contributed by atoms with Crippen LogP contribution in [0.4, 0.5) is 0 Å². The van der Waals surface area contributed by atoms with Crippen LogP contribution in [0.3, 0.4) is 0 Å². The van der Waals surface area contributed by atoms with E-state index in [1.54, 1.807) is 0 Å². The highest BCUT2D eigenvalue weighted by Gasteiger charge is 2.26. The van der Waals surface area contributed by atoms with Gasteiger partial charge in [0.15, 0.2) is 0 Å². The Morgan fingerprint density at radius 2 is 1.61 bits per heavy atom. The molecule has 0 saturated heterocycles. The molecule has 0 bridgehead atoms. The van der Waals surface area contributed by atoms with Crippen LogP contribution in [0.2, 0.25) is 0 Å². The zero-order chi connectivity index (χ0) is 16.7. The molecule has 0 radical (unpaired) electrons. The van der Waals surface area contributed by atoms with Gasteiger partial charge in [-0.1, -0.05) is 54.6 Å². The van der Waals surface area contributed by atoms with Crippen molar-refractivity contribution in [3.8, 4) is 11.1 Å². The van der Waals surface area contributed by atoms with E-state index < -0.39 is 17.9 Å². The van der Waals surface area contributed by atoms with Crippen LogP contribution in [-0.4, -0.2) is 30.2 Å². The number of ether oxygens (including phenoxy) is 1. The molecule has 0 saturated carbocycles. The molecule has 2 aromatic carbocycles. The van der Waals surface area contributed by atoms with Gasteiger partial charge < -0.3 is 10.1 Å². The number of benzene rings is 2. The molecule has 0 fully saturated rings. The Hall–Kier alpha value is -2.70. The molecule has 0 aromatic heterocycles. The smallest absolute Gasteiger partial charge is 0.282 e. The van der Waals surface area contributed by atoms with Crippen LogP contribution in [0.1, 0.15) is 5.56 Å². The second-order valence-corrected chi connectivity index (χ2v) is 4.84. The summed E-state index contributed by atoms with van der Waals surface area (Å²) in [6.45, 7) is 0.0700. The Morgan fingerprint density at radius 1 is 1.00 bits per heavy atom. The summed E-state index contributed by atoms with van der Waals surface area (Å²) in [5.41, 5.74) is 4.39. The minimum atomic E-state index is -1.40. The lowest BCUT2D eigenvalue weighted by atomic mass is 10.0. The van der Waals surface area contributed by atoms with Crippen molar-refractivity contribution < 1.29 is 19.5 Å². The van der Waals surface area contributed by atoms with E-state index in [0.29, 0.717) is 0 Å². The third kappa shape index (κ3) is 4.38. The Balaban J connectivity index is 2.03. The molecular formula is C17H18N2O4. The van der Waals surface area contributed by atoms with Gasteiger partial charge in [0.25, 0.3) is 11.8 Å². The van der Waals surface area contributed by atoms with Crippen molar-refractivity contribution >= 4 is 11.8 Å². The number of nitrogens with one attached hydrogen (secondary N) is 2. The summed E-state index contributed by atoms with van der Waals surface area (Å²) in [6, 6.07) is 17.5. The van der Waals surface area contributed by atoms with Crippen LogP contribution < -0.4 is 10.8 Å². The van der Waals surface area contributed by atoms with Gasteiger partial charge in [0.05, 0.1) is 6.61 Å². The number of carbonyl (C=O) groups is 2. The number of rotatable bonds is 6. The van der Waals surface area contributed by atoms with Crippen molar-refractivity contribution in [2.45, 2.75) is 12.7 Å². The van der Waals surface area contributed by atoms with Crippen molar-refractivity contribution in [1.29, 1.82) is 0 Å². The minimum absolute atomic E-state index is 0.0700. The molecule has 6 heteroatoms. The van der Waals surface area contributed by atoms with Gasteiger partial charge in [-0.15, -0.1) is 0 Å². The Kier molecular flexibility index (Phi) is 5.85. The fourth-order valence-corrected chi connectivity index (χ4v) is 2.06. The molecule has 2 amide bonds. The van der Waals surface area contributed by atoms with E-state index >= 15 is 0 Å². The topological polar surface area (TPSA) is 87.7 Å². The number of hydroxylamine groups is 1. The third-order valence-corrected chi connectivity index (χ3v) is 3.31. The van der Waals surface area contributed by atoms with Gasteiger partial charge in [0.1, 0.15) is 0 Å². The van der Waals surface area contributed by atoms with Gasteiger partial charge in [-0.25, -0.2) is 5.48 Å². The molecule has 2 rings (SSSR count). The van der Waals surface area contributed by atoms with Crippen LogP contribution in [-0.2, 0) is 20.9 Å². The molecule has 2 aromatic rings. The quantitative estimate of drug-likeness (QED) is 0.428. The Bertz CT molecular complexity index is 640. The van der Waals surface area contributed by atoms with Crippen LogP contribution >= 0.6 is 0 Å². The largest absolute Gasteiger partial charge is 0.356 e. The van der Waals surface area contributed by atoms with Crippen molar-refractivity contribution in [3.05, 3.63) is 60.2 Å². The number of carbonyl (C=O) groups excluding carboxylic acids is 2. The van der Waals surface area contributed by atoms with Crippen LogP contribution in [0.15, 0.2) is 54.6 Å². The van der Waals surface area contributed by atoms with E-state index in [4.69, 9.17) is 9.94 Å². The van der Waals surface area contributed by atoms with Crippen molar-refractivity contribution in [2.75, 3.05) is 7.05 Å². The fraction of sp³-hybridized carbons (Fsp3) is 0.176. The second-order valence-electron chi connectivity index (χ2n) is 4.84. The number of hydrogen-bond acceptors (Lipinski definition) is 4. The standard InChI is InChI=1S/C17H18N2O4/c1-18-16(20)15(17(21)19-22)23-11-12-7-9-14(10-8-12)13-5-3-2-4-6-13/h2-10,15,22H,11H2,1H3,(H,18,20)(H,19,21). The minimum Gasteiger partial charge on any atom is -0.356 e.